The molecular weight excluding hydrogens is 262 g/mol. The molecule has 0 bridgehead atoms. The Balaban J connectivity index is 2.16. The van der Waals surface area contributed by atoms with Gasteiger partial charge >= 0.3 is 5.97 Å². The van der Waals surface area contributed by atoms with Crippen LogP contribution in [0, 0.1) is 0 Å². The second kappa shape index (κ2) is 6.19. The monoisotopic (exact) mass is 277 g/mol. The largest absolute Gasteiger partial charge is 0.462 e. The number of thiazole rings is 1. The summed E-state index contributed by atoms with van der Waals surface area (Å²) in [6.07, 6.45) is 1.75. The van der Waals surface area contributed by atoms with Crippen LogP contribution in [0.4, 0.5) is 11.4 Å². The smallest absolute Gasteiger partial charge is 0.340 e. The van der Waals surface area contributed by atoms with Crippen molar-refractivity contribution in [3.05, 3.63) is 40.3 Å². The van der Waals surface area contributed by atoms with E-state index in [1.807, 2.05) is 5.38 Å². The molecule has 3 N–H and O–H groups in total. The fourth-order valence-corrected chi connectivity index (χ4v) is 2.16. The maximum absolute atomic E-state index is 11.8. The molecule has 5 nitrogen and oxygen atoms in total. The minimum atomic E-state index is -0.378. The first kappa shape index (κ1) is 13.4. The first-order chi connectivity index (χ1) is 9.20. The normalized spacial score (nSPS) is 10.2. The molecule has 0 spiro atoms. The van der Waals surface area contributed by atoms with Gasteiger partial charge < -0.3 is 15.8 Å². The van der Waals surface area contributed by atoms with Gasteiger partial charge in [-0.1, -0.05) is 0 Å². The number of hydrogen-bond acceptors (Lipinski definition) is 6. The van der Waals surface area contributed by atoms with Crippen molar-refractivity contribution >= 4 is 28.7 Å². The van der Waals surface area contributed by atoms with Gasteiger partial charge in [-0.15, -0.1) is 11.3 Å². The average molecular weight is 277 g/mol. The van der Waals surface area contributed by atoms with Gasteiger partial charge in [-0.3, -0.25) is 0 Å². The summed E-state index contributed by atoms with van der Waals surface area (Å²) in [5.41, 5.74) is 7.38. The molecule has 0 radical (unpaired) electrons. The van der Waals surface area contributed by atoms with Crippen LogP contribution in [0.3, 0.4) is 0 Å². The molecule has 0 unspecified atom stereocenters. The van der Waals surface area contributed by atoms with Gasteiger partial charge in [0.1, 0.15) is 5.01 Å². The van der Waals surface area contributed by atoms with Gasteiger partial charge in [0.15, 0.2) is 0 Å². The van der Waals surface area contributed by atoms with Crippen molar-refractivity contribution in [1.82, 2.24) is 4.98 Å². The van der Waals surface area contributed by atoms with Gasteiger partial charge in [0.25, 0.3) is 0 Å². The molecule has 6 heteroatoms. The maximum atomic E-state index is 11.8. The van der Waals surface area contributed by atoms with Gasteiger partial charge in [-0.2, -0.15) is 0 Å². The second-order valence-electron chi connectivity index (χ2n) is 3.80. The Morgan fingerprint density at radius 2 is 2.37 bits per heavy atom. The van der Waals surface area contributed by atoms with Crippen molar-refractivity contribution in [3.63, 3.8) is 0 Å². The van der Waals surface area contributed by atoms with Crippen LogP contribution in [0.25, 0.3) is 0 Å². The third-order valence-electron chi connectivity index (χ3n) is 2.45. The molecule has 0 fully saturated rings. The number of anilines is 2. The van der Waals surface area contributed by atoms with Crippen LogP contribution in [0.15, 0.2) is 29.8 Å². The number of benzene rings is 1. The van der Waals surface area contributed by atoms with E-state index in [0.717, 1.165) is 5.01 Å². The molecule has 19 heavy (non-hydrogen) atoms. The van der Waals surface area contributed by atoms with E-state index in [1.54, 1.807) is 42.7 Å². The lowest BCUT2D eigenvalue weighted by Gasteiger charge is -2.11. The van der Waals surface area contributed by atoms with E-state index in [1.165, 1.54) is 0 Å². The summed E-state index contributed by atoms with van der Waals surface area (Å²) in [4.78, 5) is 16.0. The van der Waals surface area contributed by atoms with E-state index in [4.69, 9.17) is 10.5 Å². The highest BCUT2D eigenvalue weighted by Gasteiger charge is 2.13. The van der Waals surface area contributed by atoms with Crippen molar-refractivity contribution in [2.24, 2.45) is 0 Å². The molecular formula is C13H15N3O2S. The van der Waals surface area contributed by atoms with Crippen LogP contribution in [-0.4, -0.2) is 17.6 Å². The number of rotatable bonds is 5. The highest BCUT2D eigenvalue weighted by Crippen LogP contribution is 2.21. The number of hydrogen-bond donors (Lipinski definition) is 2. The van der Waals surface area contributed by atoms with Crippen molar-refractivity contribution in [3.8, 4) is 0 Å². The molecule has 100 valence electrons. The van der Waals surface area contributed by atoms with Crippen molar-refractivity contribution in [2.45, 2.75) is 13.5 Å². The molecule has 1 aromatic heterocycles. The molecule has 0 saturated heterocycles. The average Bonchev–Trinajstić information content (AvgIpc) is 2.90. The minimum absolute atomic E-state index is 0.333. The van der Waals surface area contributed by atoms with Crippen LogP contribution in [0.2, 0.25) is 0 Å². The first-order valence-electron chi connectivity index (χ1n) is 5.89. The SMILES string of the molecule is CCOC(=O)c1cc(N)ccc1NCc1nccs1. The minimum Gasteiger partial charge on any atom is -0.462 e. The topological polar surface area (TPSA) is 77.2 Å². The van der Waals surface area contributed by atoms with Gasteiger partial charge in [-0.05, 0) is 25.1 Å². The third kappa shape index (κ3) is 3.45. The summed E-state index contributed by atoms with van der Waals surface area (Å²) in [7, 11) is 0. The zero-order valence-corrected chi connectivity index (χ0v) is 11.4. The summed E-state index contributed by atoms with van der Waals surface area (Å²) >= 11 is 1.56. The van der Waals surface area contributed by atoms with E-state index in [0.29, 0.717) is 30.1 Å². The molecule has 1 heterocycles. The molecule has 0 aliphatic rings. The Kier molecular flexibility index (Phi) is 4.35. The Morgan fingerprint density at radius 3 is 3.05 bits per heavy atom. The Labute approximate surface area is 115 Å². The fourth-order valence-electron chi connectivity index (χ4n) is 1.60. The molecule has 1 aromatic carbocycles. The third-order valence-corrected chi connectivity index (χ3v) is 3.23. The Morgan fingerprint density at radius 1 is 1.53 bits per heavy atom. The van der Waals surface area contributed by atoms with Crippen LogP contribution in [0.5, 0.6) is 0 Å². The van der Waals surface area contributed by atoms with Gasteiger partial charge in [0.05, 0.1) is 18.7 Å². The zero-order chi connectivity index (χ0) is 13.7. The summed E-state index contributed by atoms with van der Waals surface area (Å²) in [6, 6.07) is 5.13. The molecule has 2 rings (SSSR count). The molecule has 0 amide bonds. The number of ether oxygens (including phenoxy) is 1. The van der Waals surface area contributed by atoms with Gasteiger partial charge in [0.2, 0.25) is 0 Å². The van der Waals surface area contributed by atoms with E-state index in [-0.39, 0.29) is 5.97 Å². The lowest BCUT2D eigenvalue weighted by atomic mass is 10.1. The number of carbonyl (C=O) groups is 1. The van der Waals surface area contributed by atoms with E-state index in [9.17, 15) is 4.79 Å². The number of carbonyl (C=O) groups excluding carboxylic acids is 1. The van der Waals surface area contributed by atoms with Crippen LogP contribution in [-0.2, 0) is 11.3 Å². The Hall–Kier alpha value is -2.08. The van der Waals surface area contributed by atoms with E-state index >= 15 is 0 Å². The van der Waals surface area contributed by atoms with Gasteiger partial charge in [-0.25, -0.2) is 9.78 Å². The molecule has 0 saturated carbocycles. The highest BCUT2D eigenvalue weighted by molar-refractivity contribution is 7.09. The van der Waals surface area contributed by atoms with Crippen LogP contribution < -0.4 is 11.1 Å². The molecule has 0 aliphatic heterocycles. The highest BCUT2D eigenvalue weighted by atomic mass is 32.1. The maximum Gasteiger partial charge on any atom is 0.340 e. The summed E-state index contributed by atoms with van der Waals surface area (Å²) in [5, 5.41) is 6.03. The quantitative estimate of drug-likeness (QED) is 0.648. The predicted octanol–water partition coefficient (Wildman–Crippen LogP) is 2.51. The molecule has 2 aromatic rings. The summed E-state index contributed by atoms with van der Waals surface area (Å²) in [5.74, 6) is -0.378. The zero-order valence-electron chi connectivity index (χ0n) is 10.6. The summed E-state index contributed by atoms with van der Waals surface area (Å²) < 4.78 is 5.01. The number of nitrogens with zero attached hydrogens (tertiary/aromatic N) is 1. The predicted molar refractivity (Wildman–Crippen MR) is 76.3 cm³/mol. The number of nitrogen functional groups attached to an aromatic ring is 1. The number of nitrogens with one attached hydrogen (secondary N) is 1. The van der Waals surface area contributed by atoms with Crippen LogP contribution >= 0.6 is 11.3 Å². The fraction of sp³-hybridized carbons (Fsp3) is 0.231. The molecule has 0 aliphatic carbocycles. The molecule has 0 atom stereocenters. The van der Waals surface area contributed by atoms with E-state index in [2.05, 4.69) is 10.3 Å². The van der Waals surface area contributed by atoms with Crippen molar-refractivity contribution in [2.75, 3.05) is 17.7 Å². The van der Waals surface area contributed by atoms with Crippen molar-refractivity contribution < 1.29 is 9.53 Å². The number of nitrogens with two attached hydrogens (primary N) is 1. The Bertz CT molecular complexity index is 555. The lowest BCUT2D eigenvalue weighted by Crippen LogP contribution is -2.10. The number of aromatic nitrogens is 1. The second-order valence-corrected chi connectivity index (χ2v) is 4.78. The first-order valence-corrected chi connectivity index (χ1v) is 6.77. The lowest BCUT2D eigenvalue weighted by molar-refractivity contribution is 0.0527. The standard InChI is InChI=1S/C13H15N3O2S/c1-2-18-13(17)10-7-9(14)3-4-11(10)16-8-12-15-5-6-19-12/h3-7,16H,2,8,14H2,1H3. The van der Waals surface area contributed by atoms with Gasteiger partial charge in [0, 0.05) is 23.0 Å². The number of esters is 1. The van der Waals surface area contributed by atoms with E-state index < -0.39 is 0 Å². The summed E-state index contributed by atoms with van der Waals surface area (Å²) in [6.45, 7) is 2.67. The van der Waals surface area contributed by atoms with Crippen molar-refractivity contribution in [1.29, 1.82) is 0 Å². The van der Waals surface area contributed by atoms with Crippen LogP contribution in [0.1, 0.15) is 22.3 Å².